The molecule has 4 aromatic rings. The van der Waals surface area contributed by atoms with Gasteiger partial charge in [-0.1, -0.05) is 88.2 Å². The summed E-state index contributed by atoms with van der Waals surface area (Å²) >= 11 is 16.5. The number of halogens is 3. The largest absolute Gasteiger partial charge is 0.486 e. The fourth-order valence-corrected chi connectivity index (χ4v) is 5.75. The van der Waals surface area contributed by atoms with Crippen LogP contribution in [-0.4, -0.2) is 15.9 Å². The second-order valence-corrected chi connectivity index (χ2v) is 11.1. The maximum absolute atomic E-state index is 13.5. The number of benzene rings is 3. The molecule has 0 saturated heterocycles. The number of aryl methyl sites for hydroxylation is 1. The normalized spacial score (nSPS) is 14.5. The van der Waals surface area contributed by atoms with E-state index in [1.807, 2.05) is 37.3 Å². The van der Waals surface area contributed by atoms with Gasteiger partial charge in [0.25, 0.3) is 5.56 Å². The quantitative estimate of drug-likeness (QED) is 0.210. The van der Waals surface area contributed by atoms with E-state index < -0.39 is 0 Å². The molecule has 0 bridgehead atoms. The molecule has 1 heterocycles. The highest BCUT2D eigenvalue weighted by atomic mass is 79.9. The van der Waals surface area contributed by atoms with Crippen LogP contribution in [0, 0.1) is 6.92 Å². The van der Waals surface area contributed by atoms with Gasteiger partial charge in [-0.3, -0.25) is 4.79 Å². The molecule has 1 fully saturated rings. The molecule has 3 aromatic carbocycles. The van der Waals surface area contributed by atoms with Gasteiger partial charge in [0.1, 0.15) is 12.4 Å². The van der Waals surface area contributed by atoms with Crippen molar-refractivity contribution in [2.24, 2.45) is 5.10 Å². The Kier molecular flexibility index (Phi) is 7.98. The summed E-state index contributed by atoms with van der Waals surface area (Å²) in [5.74, 6) is 1.31. The topological polar surface area (TPSA) is 56.5 Å². The molecule has 0 amide bonds. The fraction of sp³-hybridized carbons (Fsp3) is 0.276. The van der Waals surface area contributed by atoms with Crippen LogP contribution in [0.4, 0.5) is 0 Å². The Morgan fingerprint density at radius 3 is 2.57 bits per heavy atom. The molecular formula is C29H26BrCl2N3O2. The van der Waals surface area contributed by atoms with Gasteiger partial charge in [0.15, 0.2) is 5.75 Å². The zero-order chi connectivity index (χ0) is 25.9. The van der Waals surface area contributed by atoms with Crippen molar-refractivity contribution in [1.29, 1.82) is 0 Å². The number of nitrogens with zero attached hydrogens (tertiary/aromatic N) is 3. The predicted molar refractivity (Wildman–Crippen MR) is 154 cm³/mol. The number of fused-ring (bicyclic) bond motifs is 1. The van der Waals surface area contributed by atoms with Crippen molar-refractivity contribution in [3.63, 3.8) is 0 Å². The van der Waals surface area contributed by atoms with Gasteiger partial charge in [0.2, 0.25) is 0 Å². The Morgan fingerprint density at radius 1 is 1.08 bits per heavy atom. The molecule has 0 spiro atoms. The molecule has 0 atom stereocenters. The lowest BCUT2D eigenvalue weighted by molar-refractivity contribution is 0.306. The van der Waals surface area contributed by atoms with E-state index in [1.165, 1.54) is 11.1 Å². The second-order valence-electron chi connectivity index (χ2n) is 9.42. The molecule has 1 saturated carbocycles. The zero-order valence-corrected chi connectivity index (χ0v) is 23.5. The number of rotatable bonds is 6. The molecule has 190 valence electrons. The number of ether oxygens (including phenoxy) is 1. The van der Waals surface area contributed by atoms with Crippen molar-refractivity contribution in [3.05, 3.63) is 102 Å². The maximum Gasteiger partial charge on any atom is 0.282 e. The minimum atomic E-state index is -0.196. The molecule has 1 aliphatic rings. The Labute approximate surface area is 234 Å². The lowest BCUT2D eigenvalue weighted by atomic mass is 9.88. The highest BCUT2D eigenvalue weighted by molar-refractivity contribution is 9.10. The summed E-state index contributed by atoms with van der Waals surface area (Å²) < 4.78 is 8.18. The fourth-order valence-electron chi connectivity index (χ4n) is 4.78. The monoisotopic (exact) mass is 597 g/mol. The molecule has 1 aromatic heterocycles. The minimum absolute atomic E-state index is 0.191. The van der Waals surface area contributed by atoms with Gasteiger partial charge >= 0.3 is 0 Å². The van der Waals surface area contributed by atoms with Gasteiger partial charge in [-0.2, -0.15) is 9.78 Å². The molecule has 5 nitrogen and oxygen atoms in total. The first-order valence-corrected chi connectivity index (χ1v) is 13.9. The third-order valence-electron chi connectivity index (χ3n) is 6.61. The Balaban J connectivity index is 1.47. The average molecular weight is 599 g/mol. The van der Waals surface area contributed by atoms with E-state index in [2.05, 4.69) is 27.1 Å². The summed E-state index contributed by atoms with van der Waals surface area (Å²) in [6.45, 7) is 2.39. The highest BCUT2D eigenvalue weighted by Crippen LogP contribution is 2.35. The van der Waals surface area contributed by atoms with Crippen LogP contribution in [0.15, 0.2) is 69.0 Å². The van der Waals surface area contributed by atoms with E-state index in [9.17, 15) is 4.79 Å². The van der Waals surface area contributed by atoms with Crippen LogP contribution in [0.5, 0.6) is 5.75 Å². The van der Waals surface area contributed by atoms with Crippen molar-refractivity contribution in [3.8, 4) is 5.75 Å². The Bertz CT molecular complexity index is 1520. The first kappa shape index (κ1) is 26.0. The third kappa shape index (κ3) is 5.92. The van der Waals surface area contributed by atoms with Crippen molar-refractivity contribution < 1.29 is 4.74 Å². The maximum atomic E-state index is 13.5. The molecule has 0 radical (unpaired) electrons. The summed E-state index contributed by atoms with van der Waals surface area (Å²) in [7, 11) is 0. The Morgan fingerprint density at radius 2 is 1.84 bits per heavy atom. The first-order chi connectivity index (χ1) is 17.9. The van der Waals surface area contributed by atoms with E-state index in [4.69, 9.17) is 32.9 Å². The van der Waals surface area contributed by atoms with Crippen LogP contribution in [0.3, 0.4) is 0 Å². The van der Waals surface area contributed by atoms with Gasteiger partial charge < -0.3 is 4.74 Å². The molecule has 0 N–H and O–H groups in total. The summed E-state index contributed by atoms with van der Waals surface area (Å²) in [6, 6.07) is 17.1. The summed E-state index contributed by atoms with van der Waals surface area (Å²) in [4.78, 5) is 18.4. The smallest absolute Gasteiger partial charge is 0.282 e. The van der Waals surface area contributed by atoms with Gasteiger partial charge in [0, 0.05) is 10.4 Å². The van der Waals surface area contributed by atoms with Crippen molar-refractivity contribution in [2.45, 2.75) is 51.6 Å². The number of hydrogen-bond acceptors (Lipinski definition) is 4. The summed E-state index contributed by atoms with van der Waals surface area (Å²) in [5.41, 5.74) is 3.33. The average Bonchev–Trinajstić information content (AvgIpc) is 2.88. The van der Waals surface area contributed by atoms with Gasteiger partial charge in [-0.05, 0) is 61.2 Å². The standard InChI is InChI=1S/C29H26BrCl2N3O2/c1-18-6-5-7-19(12-18)17-37-27-24(31)13-20(14-25(27)32)16-33-35-28(21-8-3-2-4-9-21)34-26-11-10-22(30)15-23(26)29(35)36/h5-7,10-16,21H,2-4,8-9,17H2,1H3. The predicted octanol–water partition coefficient (Wildman–Crippen LogP) is 8.28. The molecule has 0 unspecified atom stereocenters. The van der Waals surface area contributed by atoms with E-state index in [0.29, 0.717) is 44.7 Å². The summed E-state index contributed by atoms with van der Waals surface area (Å²) in [5, 5.41) is 5.86. The summed E-state index contributed by atoms with van der Waals surface area (Å²) in [6.07, 6.45) is 7.04. The van der Waals surface area contributed by atoms with Crippen LogP contribution in [0.25, 0.3) is 10.9 Å². The zero-order valence-electron chi connectivity index (χ0n) is 20.4. The van der Waals surface area contributed by atoms with Crippen LogP contribution in [0.1, 0.15) is 60.5 Å². The van der Waals surface area contributed by atoms with E-state index in [-0.39, 0.29) is 11.5 Å². The number of aromatic nitrogens is 2. The van der Waals surface area contributed by atoms with Crippen LogP contribution in [0.2, 0.25) is 10.0 Å². The molecule has 1 aliphatic carbocycles. The molecular weight excluding hydrogens is 573 g/mol. The van der Waals surface area contributed by atoms with Crippen molar-refractivity contribution in [1.82, 2.24) is 9.66 Å². The van der Waals surface area contributed by atoms with Gasteiger partial charge in [-0.25, -0.2) is 4.98 Å². The van der Waals surface area contributed by atoms with Gasteiger partial charge in [0.05, 0.1) is 27.2 Å². The second kappa shape index (κ2) is 11.4. The van der Waals surface area contributed by atoms with Crippen LogP contribution < -0.4 is 10.3 Å². The first-order valence-electron chi connectivity index (χ1n) is 12.3. The van der Waals surface area contributed by atoms with Crippen LogP contribution in [-0.2, 0) is 6.61 Å². The van der Waals surface area contributed by atoms with E-state index in [1.54, 1.807) is 24.4 Å². The highest BCUT2D eigenvalue weighted by Gasteiger charge is 2.22. The van der Waals surface area contributed by atoms with Crippen LogP contribution >= 0.6 is 39.1 Å². The lowest BCUT2D eigenvalue weighted by Gasteiger charge is -2.22. The number of hydrogen-bond donors (Lipinski definition) is 0. The molecule has 8 heteroatoms. The molecule has 5 rings (SSSR count). The van der Waals surface area contributed by atoms with E-state index >= 15 is 0 Å². The SMILES string of the molecule is Cc1cccc(COc2c(Cl)cc(C=Nn3c(C4CCCCC4)nc4ccc(Br)cc4c3=O)cc2Cl)c1. The molecule has 37 heavy (non-hydrogen) atoms. The third-order valence-corrected chi connectivity index (χ3v) is 7.67. The van der Waals surface area contributed by atoms with E-state index in [0.717, 1.165) is 41.3 Å². The van der Waals surface area contributed by atoms with Crippen molar-refractivity contribution in [2.75, 3.05) is 0 Å². The van der Waals surface area contributed by atoms with Gasteiger partial charge in [-0.15, -0.1) is 0 Å². The lowest BCUT2D eigenvalue weighted by Crippen LogP contribution is -2.25. The Hall–Kier alpha value is -2.67. The minimum Gasteiger partial charge on any atom is -0.486 e. The molecule has 0 aliphatic heterocycles. The van der Waals surface area contributed by atoms with Crippen molar-refractivity contribution >= 4 is 56.2 Å².